The minimum atomic E-state index is -0.375. The second-order valence-electron chi connectivity index (χ2n) is 6.68. The van der Waals surface area contributed by atoms with E-state index in [4.69, 9.17) is 10.5 Å². The van der Waals surface area contributed by atoms with Crippen LogP contribution in [-0.2, 0) is 4.79 Å². The van der Waals surface area contributed by atoms with Gasteiger partial charge in [0.05, 0.1) is 12.5 Å². The molecule has 2 N–H and O–H groups in total. The van der Waals surface area contributed by atoms with Crippen LogP contribution in [0.15, 0.2) is 24.3 Å². The Morgan fingerprint density at radius 3 is 2.82 bits per heavy atom. The first kappa shape index (κ1) is 16.8. The molecule has 0 heterocycles. The molecule has 1 saturated carbocycles. The van der Waals surface area contributed by atoms with Crippen LogP contribution in [0.5, 0.6) is 5.75 Å². The summed E-state index contributed by atoms with van der Waals surface area (Å²) in [5.41, 5.74) is 7.06. The summed E-state index contributed by atoms with van der Waals surface area (Å²) < 4.78 is 5.77. The summed E-state index contributed by atoms with van der Waals surface area (Å²) >= 11 is 0. The first-order valence-corrected chi connectivity index (χ1v) is 8.14. The van der Waals surface area contributed by atoms with Gasteiger partial charge in [-0.2, -0.15) is 0 Å². The predicted molar refractivity (Wildman–Crippen MR) is 88.9 cm³/mol. The number of nitrogens with two attached hydrogens (primary N) is 1. The van der Waals surface area contributed by atoms with E-state index in [2.05, 4.69) is 0 Å². The monoisotopic (exact) mass is 304 g/mol. The minimum absolute atomic E-state index is 0.0651. The van der Waals surface area contributed by atoms with Crippen LogP contribution in [0.2, 0.25) is 0 Å². The number of hydrogen-bond donors (Lipinski definition) is 1. The summed E-state index contributed by atoms with van der Waals surface area (Å²) in [4.78, 5) is 14.4. The molecule has 22 heavy (non-hydrogen) atoms. The maximum Gasteiger partial charge on any atom is 0.227 e. The Labute approximate surface area is 133 Å². The lowest BCUT2D eigenvalue weighted by molar-refractivity contribution is -0.137. The van der Waals surface area contributed by atoms with Crippen molar-refractivity contribution in [2.24, 2.45) is 11.7 Å². The number of amides is 1. The summed E-state index contributed by atoms with van der Waals surface area (Å²) in [6, 6.07) is 7.92. The molecular weight excluding hydrogens is 276 g/mol. The molecule has 4 nitrogen and oxygen atoms in total. The van der Waals surface area contributed by atoms with Crippen molar-refractivity contribution < 1.29 is 9.53 Å². The molecule has 0 aliphatic heterocycles. The Hall–Kier alpha value is -1.55. The lowest BCUT2D eigenvalue weighted by Crippen LogP contribution is -2.53. The van der Waals surface area contributed by atoms with E-state index in [-0.39, 0.29) is 17.4 Å². The number of benzene rings is 1. The zero-order valence-electron chi connectivity index (χ0n) is 14.0. The molecule has 1 aliphatic rings. The van der Waals surface area contributed by atoms with Gasteiger partial charge in [0.1, 0.15) is 12.4 Å². The quantitative estimate of drug-likeness (QED) is 0.910. The van der Waals surface area contributed by atoms with E-state index < -0.39 is 0 Å². The van der Waals surface area contributed by atoms with E-state index in [1.165, 1.54) is 0 Å². The molecule has 1 amide bonds. The lowest BCUT2D eigenvalue weighted by atomic mass is 9.74. The van der Waals surface area contributed by atoms with Gasteiger partial charge in [-0.05, 0) is 38.3 Å². The molecule has 4 heteroatoms. The maximum absolute atomic E-state index is 12.6. The summed E-state index contributed by atoms with van der Waals surface area (Å²) in [5.74, 6) is 0.965. The molecule has 0 radical (unpaired) electrons. The molecule has 2 rings (SSSR count). The van der Waals surface area contributed by atoms with Crippen LogP contribution in [0.4, 0.5) is 0 Å². The van der Waals surface area contributed by atoms with Crippen LogP contribution < -0.4 is 10.5 Å². The average molecular weight is 304 g/mol. The highest BCUT2D eigenvalue weighted by molar-refractivity contribution is 5.80. The molecule has 1 fully saturated rings. The number of para-hydroxylation sites is 1. The third-order valence-corrected chi connectivity index (χ3v) is 4.71. The fourth-order valence-corrected chi connectivity index (χ4v) is 3.15. The second kappa shape index (κ2) is 7.14. The highest BCUT2D eigenvalue weighted by atomic mass is 16.5. The van der Waals surface area contributed by atoms with E-state index in [0.717, 1.165) is 37.0 Å². The number of rotatable bonds is 5. The first-order chi connectivity index (χ1) is 10.4. The number of hydrogen-bond acceptors (Lipinski definition) is 3. The van der Waals surface area contributed by atoms with Gasteiger partial charge in [-0.15, -0.1) is 0 Å². The van der Waals surface area contributed by atoms with Crippen LogP contribution in [0.3, 0.4) is 0 Å². The van der Waals surface area contributed by atoms with E-state index in [0.29, 0.717) is 13.2 Å². The Morgan fingerprint density at radius 2 is 2.14 bits per heavy atom. The van der Waals surface area contributed by atoms with Gasteiger partial charge >= 0.3 is 0 Å². The highest BCUT2D eigenvalue weighted by Crippen LogP contribution is 2.32. The van der Waals surface area contributed by atoms with Crippen molar-refractivity contribution >= 4 is 5.91 Å². The molecule has 0 spiro atoms. The molecule has 0 aromatic heterocycles. The number of carbonyl (C=O) groups excluding carboxylic acids is 1. The zero-order chi connectivity index (χ0) is 16.2. The van der Waals surface area contributed by atoms with Gasteiger partial charge in [0.2, 0.25) is 5.91 Å². The minimum Gasteiger partial charge on any atom is -0.491 e. The van der Waals surface area contributed by atoms with Crippen molar-refractivity contribution in [1.82, 2.24) is 4.90 Å². The van der Waals surface area contributed by atoms with Crippen molar-refractivity contribution in [2.45, 2.75) is 45.1 Å². The van der Waals surface area contributed by atoms with Crippen molar-refractivity contribution in [3.05, 3.63) is 29.8 Å². The molecule has 0 bridgehead atoms. The molecule has 1 aliphatic carbocycles. The molecule has 1 aromatic rings. The van der Waals surface area contributed by atoms with Gasteiger partial charge in [0.15, 0.2) is 0 Å². The fourth-order valence-electron chi connectivity index (χ4n) is 3.15. The topological polar surface area (TPSA) is 55.6 Å². The van der Waals surface area contributed by atoms with Crippen molar-refractivity contribution in [2.75, 3.05) is 20.2 Å². The number of carbonyl (C=O) groups is 1. The van der Waals surface area contributed by atoms with E-state index in [1.54, 1.807) is 4.90 Å². The highest BCUT2D eigenvalue weighted by Gasteiger charge is 2.38. The Balaban J connectivity index is 1.85. The molecule has 2 unspecified atom stereocenters. The van der Waals surface area contributed by atoms with E-state index in [1.807, 2.05) is 45.2 Å². The Morgan fingerprint density at radius 1 is 1.41 bits per heavy atom. The summed E-state index contributed by atoms with van der Waals surface area (Å²) in [6.07, 6.45) is 4.04. The lowest BCUT2D eigenvalue weighted by Gasteiger charge is -2.39. The molecular formula is C18H28N2O2. The number of nitrogens with zero attached hydrogens (tertiary/aromatic N) is 1. The third kappa shape index (κ3) is 4.01. The van der Waals surface area contributed by atoms with E-state index >= 15 is 0 Å². The molecule has 0 saturated heterocycles. The second-order valence-corrected chi connectivity index (χ2v) is 6.68. The maximum atomic E-state index is 12.6. The van der Waals surface area contributed by atoms with Gasteiger partial charge in [-0.1, -0.05) is 31.0 Å². The number of likely N-dealkylation sites (N-methyl/N-ethyl adjacent to an activating group) is 1. The van der Waals surface area contributed by atoms with Crippen molar-refractivity contribution in [3.8, 4) is 5.75 Å². The first-order valence-electron chi connectivity index (χ1n) is 8.14. The van der Waals surface area contributed by atoms with Crippen LogP contribution >= 0.6 is 0 Å². The number of aryl methyl sites for hydroxylation is 1. The SMILES string of the molecule is Cc1ccccc1OCCN(C)C(=O)C1CCCCC1(C)N. The van der Waals surface area contributed by atoms with Crippen LogP contribution in [0, 0.1) is 12.8 Å². The Kier molecular flexibility index (Phi) is 5.46. The third-order valence-electron chi connectivity index (χ3n) is 4.71. The predicted octanol–water partition coefficient (Wildman–Crippen LogP) is 2.74. The zero-order valence-corrected chi connectivity index (χ0v) is 14.0. The summed E-state index contributed by atoms with van der Waals surface area (Å²) in [7, 11) is 1.84. The standard InChI is InChI=1S/C18H28N2O2/c1-14-8-4-5-10-16(14)22-13-12-20(3)17(21)15-9-6-7-11-18(15,2)19/h4-5,8,10,15H,6-7,9,11-13,19H2,1-3H3. The fraction of sp³-hybridized carbons (Fsp3) is 0.611. The number of ether oxygens (including phenoxy) is 1. The molecule has 122 valence electrons. The van der Waals surface area contributed by atoms with Crippen LogP contribution in [0.1, 0.15) is 38.2 Å². The van der Waals surface area contributed by atoms with Gasteiger partial charge in [0.25, 0.3) is 0 Å². The summed E-state index contributed by atoms with van der Waals surface area (Å²) in [6.45, 7) is 5.11. The van der Waals surface area contributed by atoms with Crippen molar-refractivity contribution in [1.29, 1.82) is 0 Å². The summed E-state index contributed by atoms with van der Waals surface area (Å²) in [5, 5.41) is 0. The normalized spacial score (nSPS) is 24.8. The average Bonchev–Trinajstić information content (AvgIpc) is 2.48. The van der Waals surface area contributed by atoms with Gasteiger partial charge in [0, 0.05) is 12.6 Å². The largest absolute Gasteiger partial charge is 0.491 e. The van der Waals surface area contributed by atoms with Crippen molar-refractivity contribution in [3.63, 3.8) is 0 Å². The van der Waals surface area contributed by atoms with Gasteiger partial charge < -0.3 is 15.4 Å². The van der Waals surface area contributed by atoms with Gasteiger partial charge in [-0.3, -0.25) is 4.79 Å². The smallest absolute Gasteiger partial charge is 0.227 e. The molecule has 2 atom stereocenters. The van der Waals surface area contributed by atoms with Crippen LogP contribution in [0.25, 0.3) is 0 Å². The van der Waals surface area contributed by atoms with E-state index in [9.17, 15) is 4.79 Å². The van der Waals surface area contributed by atoms with Crippen LogP contribution in [-0.4, -0.2) is 36.5 Å². The Bertz CT molecular complexity index is 514. The van der Waals surface area contributed by atoms with Gasteiger partial charge in [-0.25, -0.2) is 0 Å². The molecule has 1 aromatic carbocycles.